The third-order valence-electron chi connectivity index (χ3n) is 7.60. The summed E-state index contributed by atoms with van der Waals surface area (Å²) < 4.78 is 5.53. The lowest BCUT2D eigenvalue weighted by molar-refractivity contribution is -0.121. The molecule has 0 saturated carbocycles. The highest BCUT2D eigenvalue weighted by Gasteiger charge is 2.28. The second-order valence-corrected chi connectivity index (χ2v) is 11.4. The van der Waals surface area contributed by atoms with Crippen molar-refractivity contribution in [3.05, 3.63) is 65.5 Å². The third-order valence-corrected chi connectivity index (χ3v) is 7.60. The van der Waals surface area contributed by atoms with E-state index in [1.54, 1.807) is 6.07 Å². The molecule has 0 unspecified atom stereocenters. The zero-order valence-electron chi connectivity index (χ0n) is 22.6. The van der Waals surface area contributed by atoms with Crippen molar-refractivity contribution >= 4 is 17.5 Å². The standard InChI is InChI=1S/C30H37N5O3/c1-30(2,3)23-12-10-21(11-13-23)27-32-26(38-33-27)20-34-18-14-22(15-19-34)28(36)31-25-9-5-4-8-24(25)29(37)35-16-6-7-17-35/h4-5,8-13,22H,6-7,14-20H2,1-3H3,(H,31,36). The number of hydrogen-bond donors (Lipinski definition) is 1. The second-order valence-electron chi connectivity index (χ2n) is 11.4. The molecule has 3 heterocycles. The van der Waals surface area contributed by atoms with Crippen LogP contribution in [0, 0.1) is 5.92 Å². The molecule has 2 aliphatic heterocycles. The molecule has 38 heavy (non-hydrogen) atoms. The molecule has 5 rings (SSSR count). The first kappa shape index (κ1) is 26.1. The minimum Gasteiger partial charge on any atom is -0.339 e. The number of hydrogen-bond acceptors (Lipinski definition) is 6. The molecule has 0 radical (unpaired) electrons. The number of rotatable bonds is 6. The minimum atomic E-state index is -0.0965. The van der Waals surface area contributed by atoms with Gasteiger partial charge in [-0.2, -0.15) is 4.98 Å². The Labute approximate surface area is 224 Å². The van der Waals surface area contributed by atoms with Crippen molar-refractivity contribution in [1.29, 1.82) is 0 Å². The van der Waals surface area contributed by atoms with E-state index in [1.807, 2.05) is 35.2 Å². The Bertz CT molecular complexity index is 1260. The minimum absolute atomic E-state index is 0.00251. The molecular weight excluding hydrogens is 478 g/mol. The van der Waals surface area contributed by atoms with Crippen LogP contribution in [0.3, 0.4) is 0 Å². The highest BCUT2D eigenvalue weighted by molar-refractivity contribution is 6.04. The van der Waals surface area contributed by atoms with E-state index in [9.17, 15) is 9.59 Å². The van der Waals surface area contributed by atoms with Gasteiger partial charge in [-0.25, -0.2) is 0 Å². The number of benzene rings is 2. The first-order chi connectivity index (χ1) is 18.3. The van der Waals surface area contributed by atoms with Crippen LogP contribution < -0.4 is 5.32 Å². The molecule has 8 heteroatoms. The smallest absolute Gasteiger partial charge is 0.255 e. The lowest BCUT2D eigenvalue weighted by atomic mass is 9.87. The number of likely N-dealkylation sites (tertiary alicyclic amines) is 2. The van der Waals surface area contributed by atoms with Gasteiger partial charge < -0.3 is 14.7 Å². The fourth-order valence-electron chi connectivity index (χ4n) is 5.20. The molecule has 2 saturated heterocycles. The third kappa shape index (κ3) is 5.96. The van der Waals surface area contributed by atoms with Crippen molar-refractivity contribution in [3.8, 4) is 11.4 Å². The number of nitrogens with one attached hydrogen (secondary N) is 1. The molecule has 0 spiro atoms. The molecule has 1 aromatic heterocycles. The number of piperidine rings is 1. The van der Waals surface area contributed by atoms with Gasteiger partial charge in [0, 0.05) is 24.6 Å². The number of amides is 2. The molecule has 1 N–H and O–H groups in total. The van der Waals surface area contributed by atoms with Crippen molar-refractivity contribution in [1.82, 2.24) is 19.9 Å². The number of nitrogens with zero attached hydrogens (tertiary/aromatic N) is 4. The van der Waals surface area contributed by atoms with Crippen LogP contribution in [0.5, 0.6) is 0 Å². The summed E-state index contributed by atoms with van der Waals surface area (Å²) in [6.07, 6.45) is 3.55. The van der Waals surface area contributed by atoms with Gasteiger partial charge in [0.25, 0.3) is 5.91 Å². The number of carbonyl (C=O) groups is 2. The van der Waals surface area contributed by atoms with Crippen molar-refractivity contribution < 1.29 is 14.1 Å². The maximum absolute atomic E-state index is 13.1. The van der Waals surface area contributed by atoms with Crippen molar-refractivity contribution in [2.24, 2.45) is 5.92 Å². The summed E-state index contributed by atoms with van der Waals surface area (Å²) in [5.74, 6) is 1.05. The van der Waals surface area contributed by atoms with Crippen LogP contribution in [0.2, 0.25) is 0 Å². The average Bonchev–Trinajstić information content (AvgIpc) is 3.62. The van der Waals surface area contributed by atoms with Gasteiger partial charge in [0.1, 0.15) is 0 Å². The topological polar surface area (TPSA) is 91.6 Å². The van der Waals surface area contributed by atoms with Gasteiger partial charge in [-0.15, -0.1) is 0 Å². The van der Waals surface area contributed by atoms with E-state index in [-0.39, 0.29) is 23.1 Å². The molecule has 200 valence electrons. The molecule has 8 nitrogen and oxygen atoms in total. The highest BCUT2D eigenvalue weighted by Crippen LogP contribution is 2.26. The SMILES string of the molecule is CC(C)(C)c1ccc(-c2noc(CN3CCC(C(=O)Nc4ccccc4C(=O)N4CCCC4)CC3)n2)cc1. The molecule has 2 aromatic carbocycles. The summed E-state index contributed by atoms with van der Waals surface area (Å²) in [5.41, 5.74) is 3.47. The largest absolute Gasteiger partial charge is 0.339 e. The van der Waals surface area contributed by atoms with Crippen LogP contribution in [-0.2, 0) is 16.8 Å². The van der Waals surface area contributed by atoms with E-state index < -0.39 is 0 Å². The van der Waals surface area contributed by atoms with E-state index in [0.717, 1.165) is 57.4 Å². The lowest BCUT2D eigenvalue weighted by Crippen LogP contribution is -2.38. The Balaban J connectivity index is 1.14. The zero-order valence-corrected chi connectivity index (χ0v) is 22.6. The fraction of sp³-hybridized carbons (Fsp3) is 0.467. The quantitative estimate of drug-likeness (QED) is 0.490. The van der Waals surface area contributed by atoms with Crippen LogP contribution in [0.4, 0.5) is 5.69 Å². The molecule has 0 bridgehead atoms. The van der Waals surface area contributed by atoms with Crippen LogP contribution >= 0.6 is 0 Å². The molecule has 2 fully saturated rings. The maximum atomic E-state index is 13.1. The molecule has 0 aliphatic carbocycles. The van der Waals surface area contributed by atoms with Crippen LogP contribution in [-0.4, -0.2) is 57.9 Å². The van der Waals surface area contributed by atoms with E-state index in [2.05, 4.69) is 53.3 Å². The Kier molecular flexibility index (Phi) is 7.61. The van der Waals surface area contributed by atoms with Crippen LogP contribution in [0.1, 0.15) is 68.3 Å². The number of aromatic nitrogens is 2. The van der Waals surface area contributed by atoms with E-state index in [1.165, 1.54) is 5.56 Å². The predicted molar refractivity (Wildman–Crippen MR) is 147 cm³/mol. The highest BCUT2D eigenvalue weighted by atomic mass is 16.5. The second kappa shape index (κ2) is 11.1. The Morgan fingerprint density at radius 2 is 1.66 bits per heavy atom. The van der Waals surface area contributed by atoms with Gasteiger partial charge in [-0.05, 0) is 61.9 Å². The van der Waals surface area contributed by atoms with E-state index in [0.29, 0.717) is 29.5 Å². The van der Waals surface area contributed by atoms with E-state index >= 15 is 0 Å². The zero-order chi connectivity index (χ0) is 26.7. The number of para-hydroxylation sites is 1. The average molecular weight is 516 g/mol. The normalized spacial score (nSPS) is 17.1. The summed E-state index contributed by atoms with van der Waals surface area (Å²) >= 11 is 0. The summed E-state index contributed by atoms with van der Waals surface area (Å²) in [6, 6.07) is 15.6. The fourth-order valence-corrected chi connectivity index (χ4v) is 5.20. The van der Waals surface area contributed by atoms with Gasteiger partial charge in [0.05, 0.1) is 17.8 Å². The van der Waals surface area contributed by atoms with Crippen LogP contribution in [0.15, 0.2) is 53.1 Å². The molecule has 3 aromatic rings. The summed E-state index contributed by atoms with van der Waals surface area (Å²) in [6.45, 7) is 10.2. The summed E-state index contributed by atoms with van der Waals surface area (Å²) in [7, 11) is 0. The van der Waals surface area contributed by atoms with Crippen molar-refractivity contribution in [3.63, 3.8) is 0 Å². The van der Waals surface area contributed by atoms with Gasteiger partial charge >= 0.3 is 0 Å². The van der Waals surface area contributed by atoms with Crippen molar-refractivity contribution in [2.45, 2.75) is 58.4 Å². The molecule has 0 atom stereocenters. The first-order valence-electron chi connectivity index (χ1n) is 13.6. The van der Waals surface area contributed by atoms with Gasteiger partial charge in [0.15, 0.2) is 0 Å². The lowest BCUT2D eigenvalue weighted by Gasteiger charge is -2.30. The van der Waals surface area contributed by atoms with Crippen LogP contribution in [0.25, 0.3) is 11.4 Å². The Morgan fingerprint density at radius 1 is 0.974 bits per heavy atom. The molecule has 2 aliphatic rings. The van der Waals surface area contributed by atoms with E-state index in [4.69, 9.17) is 4.52 Å². The number of carbonyl (C=O) groups excluding carboxylic acids is 2. The van der Waals surface area contributed by atoms with Crippen molar-refractivity contribution in [2.75, 3.05) is 31.5 Å². The predicted octanol–water partition coefficient (Wildman–Crippen LogP) is 5.12. The maximum Gasteiger partial charge on any atom is 0.255 e. The van der Waals surface area contributed by atoms with Gasteiger partial charge in [-0.3, -0.25) is 14.5 Å². The molecule has 2 amide bonds. The summed E-state index contributed by atoms with van der Waals surface area (Å²) in [5, 5.41) is 7.21. The first-order valence-corrected chi connectivity index (χ1v) is 13.6. The Morgan fingerprint density at radius 3 is 2.34 bits per heavy atom. The molecular formula is C30H37N5O3. The monoisotopic (exact) mass is 515 g/mol. The summed E-state index contributed by atoms with van der Waals surface area (Å²) in [4.78, 5) is 34.7. The Hall–Kier alpha value is -3.52. The van der Waals surface area contributed by atoms with Gasteiger partial charge in [0.2, 0.25) is 17.6 Å². The number of anilines is 1. The van der Waals surface area contributed by atoms with Gasteiger partial charge in [-0.1, -0.05) is 62.3 Å².